The normalized spacial score (nSPS) is 32.5. The highest BCUT2D eigenvalue weighted by Crippen LogP contribution is 2.42. The summed E-state index contributed by atoms with van der Waals surface area (Å²) in [7, 11) is 0. The van der Waals surface area contributed by atoms with Gasteiger partial charge in [0.1, 0.15) is 5.51 Å². The van der Waals surface area contributed by atoms with Crippen LogP contribution in [0.5, 0.6) is 0 Å². The van der Waals surface area contributed by atoms with Crippen molar-refractivity contribution in [2.45, 2.75) is 44.7 Å². The minimum absolute atomic E-state index is 0.0325. The molecule has 1 aromatic heterocycles. The van der Waals surface area contributed by atoms with E-state index < -0.39 is 0 Å². The van der Waals surface area contributed by atoms with Crippen LogP contribution in [0, 0.1) is 11.8 Å². The summed E-state index contributed by atoms with van der Waals surface area (Å²) in [5.74, 6) is 1.10. The van der Waals surface area contributed by atoms with Crippen LogP contribution in [0.15, 0.2) is 5.51 Å². The van der Waals surface area contributed by atoms with Crippen molar-refractivity contribution in [1.29, 1.82) is 0 Å². The Hall–Kier alpha value is -1.70. The van der Waals surface area contributed by atoms with Crippen LogP contribution in [0.3, 0.4) is 0 Å². The van der Waals surface area contributed by atoms with Crippen LogP contribution in [0.1, 0.15) is 32.6 Å². The van der Waals surface area contributed by atoms with Crippen molar-refractivity contribution in [1.82, 2.24) is 20.4 Å². The van der Waals surface area contributed by atoms with Gasteiger partial charge in [-0.25, -0.2) is 0 Å². The third-order valence-corrected chi connectivity index (χ3v) is 6.43. The molecule has 7 nitrogen and oxygen atoms in total. The topological polar surface area (TPSA) is 78.4 Å². The Labute approximate surface area is 145 Å². The smallest absolute Gasteiger partial charge is 0.223 e. The minimum atomic E-state index is -0.0325. The molecule has 2 bridgehead atoms. The van der Waals surface area contributed by atoms with Gasteiger partial charge in [-0.15, -0.1) is 10.2 Å². The number of fused-ring (bicyclic) bond motifs is 4. The number of nitrogens with one attached hydrogen (secondary N) is 1. The van der Waals surface area contributed by atoms with Crippen molar-refractivity contribution < 1.29 is 9.59 Å². The quantitative estimate of drug-likeness (QED) is 0.876. The number of amides is 2. The van der Waals surface area contributed by atoms with Crippen molar-refractivity contribution in [3.63, 3.8) is 0 Å². The lowest BCUT2D eigenvalue weighted by molar-refractivity contribution is -0.149. The van der Waals surface area contributed by atoms with Crippen LogP contribution in [-0.2, 0) is 9.59 Å². The second-order valence-electron chi connectivity index (χ2n) is 7.15. The number of carbonyl (C=O) groups excluding carboxylic acids is 2. The Morgan fingerprint density at radius 1 is 1.42 bits per heavy atom. The Bertz CT molecular complexity index is 622. The monoisotopic (exact) mass is 349 g/mol. The van der Waals surface area contributed by atoms with E-state index in [-0.39, 0.29) is 17.9 Å². The largest absolute Gasteiger partial charge is 0.354 e. The lowest BCUT2D eigenvalue weighted by Gasteiger charge is -2.56. The summed E-state index contributed by atoms with van der Waals surface area (Å²) in [6.45, 7) is 3.92. The molecule has 3 saturated heterocycles. The minimum Gasteiger partial charge on any atom is -0.354 e. The van der Waals surface area contributed by atoms with E-state index in [9.17, 15) is 9.59 Å². The lowest BCUT2D eigenvalue weighted by atomic mass is 9.72. The first-order chi connectivity index (χ1) is 11.6. The van der Waals surface area contributed by atoms with Crippen molar-refractivity contribution in [3.05, 3.63) is 5.51 Å². The molecular weight excluding hydrogens is 326 g/mol. The number of nitrogens with zero attached hydrogens (tertiary/aromatic N) is 4. The third kappa shape index (κ3) is 2.76. The molecular formula is C16H23N5O2S. The second-order valence-corrected chi connectivity index (χ2v) is 7.96. The maximum absolute atomic E-state index is 12.6. The molecule has 3 fully saturated rings. The van der Waals surface area contributed by atoms with E-state index in [1.165, 1.54) is 6.92 Å². The number of rotatable bonds is 3. The molecule has 130 valence electrons. The summed E-state index contributed by atoms with van der Waals surface area (Å²) in [4.78, 5) is 28.5. The Morgan fingerprint density at radius 3 is 3.00 bits per heavy atom. The third-order valence-electron chi connectivity index (χ3n) is 5.68. The molecule has 4 atom stereocenters. The van der Waals surface area contributed by atoms with Gasteiger partial charge in [-0.3, -0.25) is 9.59 Å². The van der Waals surface area contributed by atoms with Gasteiger partial charge in [-0.1, -0.05) is 11.3 Å². The molecule has 24 heavy (non-hydrogen) atoms. The number of carbonyl (C=O) groups is 2. The molecule has 4 rings (SSSR count). The molecule has 8 heteroatoms. The molecule has 0 aliphatic carbocycles. The van der Waals surface area contributed by atoms with Crippen LogP contribution in [0.25, 0.3) is 0 Å². The van der Waals surface area contributed by atoms with E-state index in [4.69, 9.17) is 0 Å². The van der Waals surface area contributed by atoms with Gasteiger partial charge in [0.15, 0.2) is 0 Å². The van der Waals surface area contributed by atoms with E-state index in [2.05, 4.69) is 25.3 Å². The highest BCUT2D eigenvalue weighted by molar-refractivity contribution is 7.13. The van der Waals surface area contributed by atoms with Gasteiger partial charge in [-0.2, -0.15) is 0 Å². The van der Waals surface area contributed by atoms with E-state index >= 15 is 0 Å². The summed E-state index contributed by atoms with van der Waals surface area (Å²) in [6.07, 6.45) is 3.83. The molecule has 0 unspecified atom stereocenters. The standard InChI is InChI=1S/C16H23N5O2S/c1-10(22)17-6-14-12-5-11(13-3-2-4-15(23)21(13)14)7-20(8-12)16-19-18-9-24-16/h9,11-14H,2-8H2,1H3,(H,17,22)/t11-,12+,13+,14+/m1/s1. The fourth-order valence-electron chi connectivity index (χ4n) is 4.75. The highest BCUT2D eigenvalue weighted by atomic mass is 32.1. The maximum atomic E-state index is 12.6. The predicted octanol–water partition coefficient (Wildman–Crippen LogP) is 0.880. The second kappa shape index (κ2) is 6.31. The molecule has 4 heterocycles. The van der Waals surface area contributed by atoms with Crippen LogP contribution < -0.4 is 10.2 Å². The van der Waals surface area contributed by atoms with Gasteiger partial charge in [0, 0.05) is 39.0 Å². The average Bonchev–Trinajstić information content (AvgIpc) is 3.09. The van der Waals surface area contributed by atoms with Gasteiger partial charge < -0.3 is 15.1 Å². The Morgan fingerprint density at radius 2 is 2.25 bits per heavy atom. The van der Waals surface area contributed by atoms with Gasteiger partial charge in [0.05, 0.1) is 6.04 Å². The average molecular weight is 349 g/mol. The zero-order chi connectivity index (χ0) is 16.7. The number of anilines is 1. The summed E-state index contributed by atoms with van der Waals surface area (Å²) >= 11 is 1.57. The summed E-state index contributed by atoms with van der Waals surface area (Å²) < 4.78 is 0. The number of hydrogen-bond donors (Lipinski definition) is 1. The van der Waals surface area contributed by atoms with E-state index in [1.807, 2.05) is 0 Å². The van der Waals surface area contributed by atoms with Crippen molar-refractivity contribution in [3.8, 4) is 0 Å². The van der Waals surface area contributed by atoms with Gasteiger partial charge >= 0.3 is 0 Å². The van der Waals surface area contributed by atoms with Crippen molar-refractivity contribution in [2.24, 2.45) is 11.8 Å². The summed E-state index contributed by atoms with van der Waals surface area (Å²) in [5, 5.41) is 12.1. The molecule has 1 aromatic rings. The van der Waals surface area contributed by atoms with E-state index in [0.29, 0.717) is 30.8 Å². The zero-order valence-electron chi connectivity index (χ0n) is 13.9. The number of piperidine rings is 3. The van der Waals surface area contributed by atoms with Gasteiger partial charge in [-0.05, 0) is 31.1 Å². The predicted molar refractivity (Wildman–Crippen MR) is 90.7 cm³/mol. The summed E-state index contributed by atoms with van der Waals surface area (Å²) in [6, 6.07) is 0.399. The first-order valence-electron chi connectivity index (χ1n) is 8.70. The number of hydrogen-bond acceptors (Lipinski definition) is 6. The SMILES string of the molecule is CC(=O)NC[C@H]1[C@H]2C[C@H](CN(c3nncs3)C2)[C@@H]2CCCC(=O)N21. The molecule has 3 aliphatic heterocycles. The van der Waals surface area contributed by atoms with Gasteiger partial charge in [0.2, 0.25) is 16.9 Å². The Kier molecular flexibility index (Phi) is 4.15. The number of aromatic nitrogens is 2. The molecule has 0 saturated carbocycles. The first kappa shape index (κ1) is 15.8. The lowest BCUT2D eigenvalue weighted by Crippen LogP contribution is -2.67. The van der Waals surface area contributed by atoms with E-state index in [1.54, 1.807) is 16.8 Å². The first-order valence-corrected chi connectivity index (χ1v) is 9.58. The van der Waals surface area contributed by atoms with Crippen molar-refractivity contribution in [2.75, 3.05) is 24.5 Å². The summed E-state index contributed by atoms with van der Waals surface area (Å²) in [5.41, 5.74) is 1.77. The molecule has 2 amide bonds. The molecule has 0 aromatic carbocycles. The van der Waals surface area contributed by atoms with Crippen LogP contribution in [-0.4, -0.2) is 58.6 Å². The van der Waals surface area contributed by atoms with Crippen molar-refractivity contribution >= 4 is 28.3 Å². The molecule has 0 spiro atoms. The molecule has 3 aliphatic rings. The molecule has 1 N–H and O–H groups in total. The fraction of sp³-hybridized carbons (Fsp3) is 0.750. The maximum Gasteiger partial charge on any atom is 0.223 e. The van der Waals surface area contributed by atoms with Crippen LogP contribution in [0.4, 0.5) is 5.13 Å². The molecule has 0 radical (unpaired) electrons. The van der Waals surface area contributed by atoms with Gasteiger partial charge in [0.25, 0.3) is 0 Å². The van der Waals surface area contributed by atoms with Crippen LogP contribution >= 0.6 is 11.3 Å². The Balaban J connectivity index is 1.61. The van der Waals surface area contributed by atoms with E-state index in [0.717, 1.165) is 37.5 Å². The zero-order valence-corrected chi connectivity index (χ0v) is 14.7. The van der Waals surface area contributed by atoms with Crippen LogP contribution in [0.2, 0.25) is 0 Å². The fourth-order valence-corrected chi connectivity index (χ4v) is 5.33. The highest BCUT2D eigenvalue weighted by Gasteiger charge is 2.49.